The highest BCUT2D eigenvalue weighted by atomic mass is 35.5. The Hall–Kier alpha value is -1.09. The van der Waals surface area contributed by atoms with Crippen LogP contribution in [0.1, 0.15) is 82.6 Å². The van der Waals surface area contributed by atoms with Gasteiger partial charge in [0.15, 0.2) is 0 Å². The van der Waals surface area contributed by atoms with Crippen LogP contribution in [0.5, 0.6) is 0 Å². The predicted molar refractivity (Wildman–Crippen MR) is 108 cm³/mol. The lowest BCUT2D eigenvalue weighted by molar-refractivity contribution is -0.144. The summed E-state index contributed by atoms with van der Waals surface area (Å²) in [5.74, 6) is -0.883. The normalized spacial score (nSPS) is 28.0. The van der Waals surface area contributed by atoms with Gasteiger partial charge in [-0.25, -0.2) is 0 Å². The molecule has 0 aromatic heterocycles. The van der Waals surface area contributed by atoms with Gasteiger partial charge in [0.2, 0.25) is 0 Å². The van der Waals surface area contributed by atoms with E-state index in [0.29, 0.717) is 6.42 Å². The molecule has 0 bridgehead atoms. The Morgan fingerprint density at radius 1 is 1.04 bits per heavy atom. The number of carboxylic acids is 1. The average Bonchev–Trinajstić information content (AvgIpc) is 2.69. The lowest BCUT2D eigenvalue weighted by Gasteiger charge is -2.56. The Balaban J connectivity index is 1.98. The van der Waals surface area contributed by atoms with Crippen molar-refractivity contribution < 1.29 is 14.3 Å². The summed E-state index contributed by atoms with van der Waals surface area (Å²) in [6.45, 7) is -0.245. The molecule has 2 saturated carbocycles. The number of aliphatic carboxylic acids is 1. The van der Waals surface area contributed by atoms with Gasteiger partial charge in [0.05, 0.1) is 12.6 Å². The van der Waals surface area contributed by atoms with Crippen molar-refractivity contribution in [3.63, 3.8) is 0 Å². The summed E-state index contributed by atoms with van der Waals surface area (Å²) in [7, 11) is 0. The molecule has 3 rings (SSSR count). The van der Waals surface area contributed by atoms with E-state index in [4.69, 9.17) is 11.6 Å². The molecule has 2 aliphatic rings. The van der Waals surface area contributed by atoms with Crippen molar-refractivity contribution in [2.24, 2.45) is 11.3 Å². The second kappa shape index (κ2) is 8.94. The highest BCUT2D eigenvalue weighted by molar-refractivity contribution is 6.30. The van der Waals surface area contributed by atoms with E-state index in [1.807, 2.05) is 12.1 Å². The van der Waals surface area contributed by atoms with Crippen molar-refractivity contribution in [1.82, 2.24) is 0 Å². The van der Waals surface area contributed by atoms with Crippen LogP contribution in [0.4, 0.5) is 4.39 Å². The quantitative estimate of drug-likeness (QED) is 0.508. The van der Waals surface area contributed by atoms with Gasteiger partial charge in [-0.3, -0.25) is 9.18 Å². The van der Waals surface area contributed by atoms with E-state index in [0.717, 1.165) is 43.5 Å². The minimum atomic E-state index is -0.658. The molecule has 0 spiro atoms. The molecule has 1 N–H and O–H groups in total. The van der Waals surface area contributed by atoms with Gasteiger partial charge in [0, 0.05) is 10.4 Å². The molecule has 27 heavy (non-hydrogen) atoms. The average molecular weight is 395 g/mol. The highest BCUT2D eigenvalue weighted by Gasteiger charge is 2.53. The molecule has 0 heterocycles. The molecule has 0 saturated heterocycles. The molecule has 1 aromatic rings. The fourth-order valence-corrected chi connectivity index (χ4v) is 6.13. The summed E-state index contributed by atoms with van der Waals surface area (Å²) in [6.07, 6.45) is 12.0. The number of unbranched alkanes of at least 4 members (excludes halogenated alkanes) is 1. The number of halogens is 2. The molecule has 4 heteroatoms. The Bertz CT molecular complexity index is 614. The summed E-state index contributed by atoms with van der Waals surface area (Å²) >= 11 is 6.16. The molecule has 1 aromatic carbocycles. The number of carboxylic acid groups (broad SMARTS) is 1. The van der Waals surface area contributed by atoms with Gasteiger partial charge >= 0.3 is 5.97 Å². The Morgan fingerprint density at radius 3 is 2.22 bits per heavy atom. The highest BCUT2D eigenvalue weighted by Crippen LogP contribution is 2.60. The van der Waals surface area contributed by atoms with Crippen LogP contribution in [-0.2, 0) is 10.2 Å². The third-order valence-corrected chi connectivity index (χ3v) is 7.70. The summed E-state index contributed by atoms with van der Waals surface area (Å²) in [5.41, 5.74) is 1.48. The van der Waals surface area contributed by atoms with Crippen LogP contribution in [0.2, 0.25) is 5.02 Å². The minimum absolute atomic E-state index is 0.000270. The SMILES string of the molecule is O=C(O)C1CCC(c2ccc(Cl)cc2)(C2(CCCCF)CCCCC2)CC1. The second-order valence-corrected chi connectivity index (χ2v) is 9.13. The van der Waals surface area contributed by atoms with Gasteiger partial charge in [0.25, 0.3) is 0 Å². The number of rotatable bonds is 7. The first-order valence-corrected chi connectivity index (χ1v) is 11.0. The minimum Gasteiger partial charge on any atom is -0.481 e. The summed E-state index contributed by atoms with van der Waals surface area (Å²) in [5, 5.41) is 10.2. The second-order valence-electron chi connectivity index (χ2n) is 8.69. The largest absolute Gasteiger partial charge is 0.481 e. The van der Waals surface area contributed by atoms with Crippen LogP contribution in [0.3, 0.4) is 0 Å². The third-order valence-electron chi connectivity index (χ3n) is 7.45. The Labute approximate surface area is 167 Å². The van der Waals surface area contributed by atoms with Crippen LogP contribution in [-0.4, -0.2) is 17.8 Å². The molecule has 0 atom stereocenters. The molecular formula is C23H32ClFO2. The van der Waals surface area contributed by atoms with Crippen molar-refractivity contribution in [3.05, 3.63) is 34.9 Å². The van der Waals surface area contributed by atoms with Crippen LogP contribution >= 0.6 is 11.6 Å². The maximum absolute atomic E-state index is 12.8. The summed E-state index contributed by atoms with van der Waals surface area (Å²) in [4.78, 5) is 11.6. The van der Waals surface area contributed by atoms with Gasteiger partial charge in [0.1, 0.15) is 0 Å². The number of hydrogen-bond donors (Lipinski definition) is 1. The number of benzene rings is 1. The lowest BCUT2D eigenvalue weighted by Crippen LogP contribution is -2.50. The van der Waals surface area contributed by atoms with Crippen molar-refractivity contribution >= 4 is 17.6 Å². The summed E-state index contributed by atoms with van der Waals surface area (Å²) in [6, 6.07) is 8.27. The zero-order chi connectivity index (χ0) is 19.3. The van der Waals surface area contributed by atoms with Gasteiger partial charge in [-0.2, -0.15) is 0 Å². The van der Waals surface area contributed by atoms with Gasteiger partial charge in [-0.15, -0.1) is 0 Å². The topological polar surface area (TPSA) is 37.3 Å². The first-order valence-electron chi connectivity index (χ1n) is 10.6. The zero-order valence-electron chi connectivity index (χ0n) is 16.2. The van der Waals surface area contributed by atoms with E-state index in [1.54, 1.807) is 0 Å². The molecule has 2 fully saturated rings. The first-order chi connectivity index (χ1) is 13.0. The fourth-order valence-electron chi connectivity index (χ4n) is 6.01. The van der Waals surface area contributed by atoms with Crippen molar-refractivity contribution in [3.8, 4) is 0 Å². The maximum atomic E-state index is 12.8. The number of alkyl halides is 1. The fraction of sp³-hybridized carbons (Fsp3) is 0.696. The van der Waals surface area contributed by atoms with Crippen molar-refractivity contribution in [2.75, 3.05) is 6.67 Å². The standard InChI is InChI=1S/C23H32ClFO2/c24-20-8-6-19(7-9-20)23(15-10-18(11-16-23)21(26)27)22(14-4-5-17-25)12-2-1-3-13-22/h6-9,18H,1-5,10-17H2,(H,26,27). The lowest BCUT2D eigenvalue weighted by atomic mass is 9.48. The smallest absolute Gasteiger partial charge is 0.306 e. The van der Waals surface area contributed by atoms with Crippen molar-refractivity contribution in [1.29, 1.82) is 0 Å². The van der Waals surface area contributed by atoms with Crippen LogP contribution in [0.15, 0.2) is 24.3 Å². The molecule has 0 amide bonds. The van der Waals surface area contributed by atoms with Crippen molar-refractivity contribution in [2.45, 2.75) is 82.5 Å². The first kappa shape index (κ1) is 20.6. The van der Waals surface area contributed by atoms with E-state index < -0.39 is 5.97 Å². The van der Waals surface area contributed by atoms with E-state index >= 15 is 0 Å². The van der Waals surface area contributed by atoms with Gasteiger partial charge in [-0.1, -0.05) is 49.4 Å². The summed E-state index contributed by atoms with van der Waals surface area (Å²) < 4.78 is 12.8. The maximum Gasteiger partial charge on any atom is 0.306 e. The molecule has 0 aliphatic heterocycles. The van der Waals surface area contributed by atoms with E-state index in [9.17, 15) is 14.3 Å². The zero-order valence-corrected chi connectivity index (χ0v) is 16.9. The van der Waals surface area contributed by atoms with E-state index in [1.165, 1.54) is 37.7 Å². The molecule has 0 unspecified atom stereocenters. The van der Waals surface area contributed by atoms with Gasteiger partial charge in [-0.05, 0) is 74.5 Å². The molecule has 150 valence electrons. The molecule has 2 aliphatic carbocycles. The predicted octanol–water partition coefficient (Wildman–Crippen LogP) is 6.94. The monoisotopic (exact) mass is 394 g/mol. The van der Waals surface area contributed by atoms with Crippen LogP contribution < -0.4 is 0 Å². The molecule has 0 radical (unpaired) electrons. The number of carbonyl (C=O) groups is 1. The molecule has 2 nitrogen and oxygen atoms in total. The molecular weight excluding hydrogens is 363 g/mol. The van der Waals surface area contributed by atoms with E-state index in [-0.39, 0.29) is 23.4 Å². The van der Waals surface area contributed by atoms with Crippen LogP contribution in [0, 0.1) is 11.3 Å². The van der Waals surface area contributed by atoms with Crippen LogP contribution in [0.25, 0.3) is 0 Å². The Kier molecular flexibility index (Phi) is 6.83. The number of hydrogen-bond acceptors (Lipinski definition) is 1. The third kappa shape index (κ3) is 4.18. The Morgan fingerprint density at radius 2 is 1.67 bits per heavy atom. The van der Waals surface area contributed by atoms with E-state index in [2.05, 4.69) is 12.1 Å². The van der Waals surface area contributed by atoms with Gasteiger partial charge < -0.3 is 5.11 Å².